The highest BCUT2D eigenvalue weighted by atomic mass is 19.2. The van der Waals surface area contributed by atoms with Crippen LogP contribution < -0.4 is 24.8 Å². The molecule has 3 fully saturated rings. The summed E-state index contributed by atoms with van der Waals surface area (Å²) in [5.74, 6) is -3.23. The van der Waals surface area contributed by atoms with Crippen molar-refractivity contribution in [3.63, 3.8) is 0 Å². The van der Waals surface area contributed by atoms with Crippen molar-refractivity contribution in [2.45, 2.75) is 49.3 Å². The van der Waals surface area contributed by atoms with Crippen LogP contribution in [0.1, 0.15) is 32.1 Å². The molecule has 0 aromatic heterocycles. The highest BCUT2D eigenvalue weighted by Gasteiger charge is 2.55. The second-order valence-electron chi connectivity index (χ2n) is 9.20. The minimum Gasteiger partial charge on any atom is -0.494 e. The minimum absolute atomic E-state index is 0.00454. The highest BCUT2D eigenvalue weighted by Crippen LogP contribution is 2.47. The normalized spacial score (nSPS) is 24.6. The largest absolute Gasteiger partial charge is 0.494 e. The maximum atomic E-state index is 13.5. The van der Waals surface area contributed by atoms with Gasteiger partial charge >= 0.3 is 0 Å². The van der Waals surface area contributed by atoms with E-state index in [0.717, 1.165) is 12.1 Å². The van der Waals surface area contributed by atoms with Crippen LogP contribution in [0.3, 0.4) is 0 Å². The van der Waals surface area contributed by atoms with E-state index in [1.54, 1.807) is 0 Å². The van der Waals surface area contributed by atoms with Crippen molar-refractivity contribution in [2.24, 2.45) is 0 Å². The van der Waals surface area contributed by atoms with Crippen molar-refractivity contribution >= 4 is 11.8 Å². The summed E-state index contributed by atoms with van der Waals surface area (Å²) in [4.78, 5) is 25.0. The number of halogens is 3. The molecule has 0 saturated heterocycles. The quantitative estimate of drug-likeness (QED) is 0.481. The minimum atomic E-state index is -1.07. The molecule has 0 aliphatic heterocycles. The monoisotopic (exact) mass is 508 g/mol. The van der Waals surface area contributed by atoms with Crippen molar-refractivity contribution in [3.8, 4) is 17.2 Å². The van der Waals surface area contributed by atoms with Crippen LogP contribution in [0.4, 0.5) is 13.2 Å². The molecule has 5 rings (SSSR count). The topological polar surface area (TPSA) is 106 Å². The summed E-state index contributed by atoms with van der Waals surface area (Å²) in [5, 5.41) is 16.6. The lowest BCUT2D eigenvalue weighted by atomic mass is 9.60. The third-order valence-electron chi connectivity index (χ3n) is 6.87. The van der Waals surface area contributed by atoms with E-state index in [1.807, 2.05) is 0 Å². The molecule has 8 nitrogen and oxygen atoms in total. The number of aliphatic hydroxyl groups is 1. The van der Waals surface area contributed by atoms with Gasteiger partial charge in [-0.1, -0.05) is 0 Å². The lowest BCUT2D eigenvalue weighted by molar-refractivity contribution is -0.137. The number of aliphatic hydroxyl groups excluding tert-OH is 1. The van der Waals surface area contributed by atoms with Gasteiger partial charge in [0.25, 0.3) is 11.8 Å². The van der Waals surface area contributed by atoms with Crippen LogP contribution in [-0.4, -0.2) is 54.4 Å². The summed E-state index contributed by atoms with van der Waals surface area (Å²) < 4.78 is 55.5. The molecule has 2 aromatic rings. The van der Waals surface area contributed by atoms with E-state index >= 15 is 0 Å². The first-order valence-corrected chi connectivity index (χ1v) is 11.5. The molecule has 3 aliphatic rings. The summed E-state index contributed by atoms with van der Waals surface area (Å²) >= 11 is 0. The number of carbonyl (C=O) groups is 2. The first-order valence-electron chi connectivity index (χ1n) is 11.5. The van der Waals surface area contributed by atoms with E-state index in [0.29, 0.717) is 25.7 Å². The molecule has 3 N–H and O–H groups in total. The Morgan fingerprint density at radius 3 is 2.06 bits per heavy atom. The summed E-state index contributed by atoms with van der Waals surface area (Å²) in [7, 11) is 1.32. The summed E-state index contributed by atoms with van der Waals surface area (Å²) in [6, 6.07) is 6.89. The number of methoxy groups -OCH3 is 1. The van der Waals surface area contributed by atoms with E-state index < -0.39 is 53.1 Å². The number of fused-ring (bicyclic) bond motifs is 3. The van der Waals surface area contributed by atoms with Gasteiger partial charge in [0.2, 0.25) is 0 Å². The van der Waals surface area contributed by atoms with E-state index in [1.165, 1.54) is 31.4 Å². The number of carbonyl (C=O) groups excluding carboxylic acids is 2. The summed E-state index contributed by atoms with van der Waals surface area (Å²) in [5.41, 5.74) is -1.49. The fourth-order valence-electron chi connectivity index (χ4n) is 4.90. The van der Waals surface area contributed by atoms with Gasteiger partial charge in [-0.2, -0.15) is 0 Å². The van der Waals surface area contributed by atoms with Crippen LogP contribution in [0.2, 0.25) is 0 Å². The first-order chi connectivity index (χ1) is 17.1. The van der Waals surface area contributed by atoms with Crippen LogP contribution >= 0.6 is 0 Å². The Balaban J connectivity index is 1.28. The number of ether oxygens (including phenoxy) is 3. The fourth-order valence-corrected chi connectivity index (χ4v) is 4.90. The van der Waals surface area contributed by atoms with Gasteiger partial charge in [-0.3, -0.25) is 9.59 Å². The predicted molar refractivity (Wildman–Crippen MR) is 121 cm³/mol. The van der Waals surface area contributed by atoms with Crippen molar-refractivity contribution < 1.29 is 42.1 Å². The Hall–Kier alpha value is -3.47. The van der Waals surface area contributed by atoms with Gasteiger partial charge in [0, 0.05) is 17.7 Å². The third kappa shape index (κ3) is 5.51. The van der Waals surface area contributed by atoms with Crippen LogP contribution in [0, 0.1) is 17.5 Å². The van der Waals surface area contributed by atoms with Gasteiger partial charge in [0.05, 0.1) is 18.8 Å². The maximum Gasteiger partial charge on any atom is 0.258 e. The molecule has 0 radical (unpaired) electrons. The van der Waals surface area contributed by atoms with Crippen molar-refractivity contribution in [1.29, 1.82) is 0 Å². The van der Waals surface area contributed by atoms with Gasteiger partial charge < -0.3 is 30.0 Å². The molecule has 2 bridgehead atoms. The molecule has 0 heterocycles. The molecule has 194 valence electrons. The van der Waals surface area contributed by atoms with Crippen LogP contribution in [0.15, 0.2) is 36.4 Å². The maximum absolute atomic E-state index is 13.5. The van der Waals surface area contributed by atoms with Crippen molar-refractivity contribution in [3.05, 3.63) is 53.8 Å². The van der Waals surface area contributed by atoms with Crippen LogP contribution in [0.25, 0.3) is 0 Å². The average molecular weight is 508 g/mol. The molecule has 3 saturated carbocycles. The number of benzene rings is 2. The van der Waals surface area contributed by atoms with Crippen molar-refractivity contribution in [2.75, 3.05) is 20.3 Å². The van der Waals surface area contributed by atoms with Crippen molar-refractivity contribution in [1.82, 2.24) is 10.6 Å². The lowest BCUT2D eigenvalue weighted by Crippen LogP contribution is -2.70. The zero-order valence-electron chi connectivity index (χ0n) is 19.6. The molecule has 0 spiro atoms. The summed E-state index contributed by atoms with van der Waals surface area (Å²) in [6.07, 6.45) is 1.26. The Labute approximate surface area is 205 Å². The van der Waals surface area contributed by atoms with E-state index in [4.69, 9.17) is 14.2 Å². The number of nitrogens with one attached hydrogen (secondary N) is 2. The van der Waals surface area contributed by atoms with E-state index in [9.17, 15) is 27.9 Å². The Kier molecular flexibility index (Phi) is 7.30. The van der Waals surface area contributed by atoms with Gasteiger partial charge in [0.1, 0.15) is 11.5 Å². The SMILES string of the molecule is COc1cc(OCC(=O)NC23CCC(NC(=O)COc4ccc(F)c(F)c4)(CC2)C[C@@H]3O)ccc1F. The fraction of sp³-hybridized carbons (Fsp3) is 0.440. The Morgan fingerprint density at radius 1 is 0.889 bits per heavy atom. The van der Waals surface area contributed by atoms with Gasteiger partial charge in [-0.15, -0.1) is 0 Å². The predicted octanol–water partition coefficient (Wildman–Crippen LogP) is 2.62. The zero-order chi connectivity index (χ0) is 25.9. The van der Waals surface area contributed by atoms with E-state index in [-0.39, 0.29) is 30.3 Å². The molecular weight excluding hydrogens is 481 g/mol. The smallest absolute Gasteiger partial charge is 0.258 e. The molecule has 11 heteroatoms. The lowest BCUT2D eigenvalue weighted by Gasteiger charge is -2.56. The molecule has 1 atom stereocenters. The molecular formula is C25H27F3N2O6. The van der Waals surface area contributed by atoms with Gasteiger partial charge in [0.15, 0.2) is 36.4 Å². The van der Waals surface area contributed by atoms with Gasteiger partial charge in [-0.25, -0.2) is 13.2 Å². The number of amides is 2. The highest BCUT2D eigenvalue weighted by molar-refractivity contribution is 5.79. The standard InChI is InChI=1S/C25H27F3N2O6/c1-34-20-11-16(3-5-18(20)27)36-14-23(33)30-25-8-6-24(7-9-25,12-21(25)31)29-22(32)13-35-15-2-4-17(26)19(28)10-15/h2-5,10-11,21,31H,6-9,12-14H2,1H3,(H,29,32)(H,30,33)/t21-,24?,25?/m0/s1. The van der Waals surface area contributed by atoms with Gasteiger partial charge in [-0.05, 0) is 56.4 Å². The molecule has 0 unspecified atom stereocenters. The first kappa shape index (κ1) is 25.6. The third-order valence-corrected chi connectivity index (χ3v) is 6.87. The molecule has 36 heavy (non-hydrogen) atoms. The number of hydrogen-bond donors (Lipinski definition) is 3. The number of hydrogen-bond acceptors (Lipinski definition) is 6. The molecule has 2 amide bonds. The number of rotatable bonds is 9. The Morgan fingerprint density at radius 2 is 1.47 bits per heavy atom. The second kappa shape index (κ2) is 10.3. The summed E-state index contributed by atoms with van der Waals surface area (Å²) in [6.45, 7) is -0.719. The van der Waals surface area contributed by atoms with Crippen LogP contribution in [0.5, 0.6) is 17.2 Å². The van der Waals surface area contributed by atoms with E-state index in [2.05, 4.69) is 10.6 Å². The second-order valence-corrected chi connectivity index (χ2v) is 9.20. The Bertz CT molecular complexity index is 1140. The molecule has 3 aliphatic carbocycles. The zero-order valence-corrected chi connectivity index (χ0v) is 19.6. The average Bonchev–Trinajstić information content (AvgIpc) is 2.85. The molecule has 2 aromatic carbocycles. The van der Waals surface area contributed by atoms with Crippen LogP contribution in [-0.2, 0) is 9.59 Å².